The van der Waals surface area contributed by atoms with E-state index in [9.17, 15) is 18.0 Å². The SMILES string of the molecule is CCN(CC)C(=O)c1csc(CN(Cc2cccc(C(F)(F)F)c2)Cc2ccc3c(c2)OCO3)n1. The first-order chi connectivity index (χ1) is 16.8. The number of halogens is 3. The normalized spacial score (nSPS) is 12.9. The Kier molecular flexibility index (Phi) is 7.61. The Hall–Kier alpha value is -3.11. The quantitative estimate of drug-likeness (QED) is 0.380. The van der Waals surface area contributed by atoms with Crippen molar-refractivity contribution >= 4 is 17.2 Å². The molecule has 0 radical (unpaired) electrons. The summed E-state index contributed by atoms with van der Waals surface area (Å²) in [7, 11) is 0. The second-order valence-corrected chi connectivity index (χ2v) is 9.08. The molecule has 0 atom stereocenters. The fourth-order valence-electron chi connectivity index (χ4n) is 3.92. The van der Waals surface area contributed by atoms with Crippen molar-refractivity contribution in [3.05, 3.63) is 75.2 Å². The molecule has 0 bridgehead atoms. The van der Waals surface area contributed by atoms with Gasteiger partial charge < -0.3 is 14.4 Å². The fraction of sp³-hybridized carbons (Fsp3) is 0.360. The molecule has 1 aliphatic rings. The Morgan fingerprint density at radius 1 is 1.00 bits per heavy atom. The summed E-state index contributed by atoms with van der Waals surface area (Å²) in [6.45, 7) is 6.27. The second kappa shape index (κ2) is 10.7. The maximum Gasteiger partial charge on any atom is 0.416 e. The molecule has 0 N–H and O–H groups in total. The predicted molar refractivity (Wildman–Crippen MR) is 126 cm³/mol. The third-order valence-electron chi connectivity index (χ3n) is 5.68. The number of fused-ring (bicyclic) bond motifs is 1. The van der Waals surface area contributed by atoms with E-state index in [1.165, 1.54) is 23.5 Å². The van der Waals surface area contributed by atoms with Gasteiger partial charge in [0, 0.05) is 31.6 Å². The van der Waals surface area contributed by atoms with Crippen LogP contribution in [-0.2, 0) is 25.8 Å². The van der Waals surface area contributed by atoms with Crippen LogP contribution in [0.25, 0.3) is 0 Å². The van der Waals surface area contributed by atoms with Crippen molar-refractivity contribution in [2.75, 3.05) is 19.9 Å². The van der Waals surface area contributed by atoms with Gasteiger partial charge in [0.2, 0.25) is 6.79 Å². The molecule has 1 amide bonds. The lowest BCUT2D eigenvalue weighted by atomic mass is 10.1. The molecule has 186 valence electrons. The molecule has 0 unspecified atom stereocenters. The molecule has 1 aliphatic heterocycles. The average Bonchev–Trinajstić information content (AvgIpc) is 3.48. The van der Waals surface area contributed by atoms with E-state index in [2.05, 4.69) is 4.98 Å². The summed E-state index contributed by atoms with van der Waals surface area (Å²) in [5.41, 5.74) is 1.17. The molecule has 0 aliphatic carbocycles. The van der Waals surface area contributed by atoms with Crippen LogP contribution in [0.5, 0.6) is 11.5 Å². The van der Waals surface area contributed by atoms with E-state index in [0.717, 1.165) is 11.6 Å². The van der Waals surface area contributed by atoms with E-state index >= 15 is 0 Å². The van der Waals surface area contributed by atoms with E-state index < -0.39 is 11.7 Å². The van der Waals surface area contributed by atoms with Crippen LogP contribution in [0.1, 0.15) is 46.0 Å². The number of thiazole rings is 1. The first kappa shape index (κ1) is 25.0. The van der Waals surface area contributed by atoms with Crippen LogP contribution in [0.3, 0.4) is 0 Å². The predicted octanol–water partition coefficient (Wildman–Crippen LogP) is 5.58. The Labute approximate surface area is 205 Å². The summed E-state index contributed by atoms with van der Waals surface area (Å²) in [5.74, 6) is 1.18. The number of alkyl halides is 3. The number of carbonyl (C=O) groups excluding carboxylic acids is 1. The van der Waals surface area contributed by atoms with Gasteiger partial charge >= 0.3 is 6.18 Å². The standard InChI is InChI=1S/C25H26F3N3O3S/c1-3-31(4-2)24(32)20-15-35-23(29-20)14-30(12-17-6-5-7-19(10-17)25(26,27)28)13-18-8-9-21-22(11-18)34-16-33-21/h5-11,15H,3-4,12-14,16H2,1-2H3. The molecule has 0 saturated carbocycles. The number of hydrogen-bond acceptors (Lipinski definition) is 6. The molecular weight excluding hydrogens is 479 g/mol. The number of carbonyl (C=O) groups is 1. The van der Waals surface area contributed by atoms with Crippen molar-refractivity contribution in [1.82, 2.24) is 14.8 Å². The summed E-state index contributed by atoms with van der Waals surface area (Å²) >= 11 is 1.37. The molecule has 1 aromatic heterocycles. The molecule has 4 rings (SSSR count). The molecule has 2 aromatic carbocycles. The van der Waals surface area contributed by atoms with Crippen LogP contribution in [0.4, 0.5) is 13.2 Å². The lowest BCUT2D eigenvalue weighted by Gasteiger charge is -2.22. The highest BCUT2D eigenvalue weighted by Gasteiger charge is 2.30. The van der Waals surface area contributed by atoms with Gasteiger partial charge in [-0.1, -0.05) is 24.3 Å². The molecule has 6 nitrogen and oxygen atoms in total. The molecule has 0 fully saturated rings. The number of benzene rings is 2. The highest BCUT2D eigenvalue weighted by Crippen LogP contribution is 2.33. The first-order valence-electron chi connectivity index (χ1n) is 11.3. The van der Waals surface area contributed by atoms with Crippen LogP contribution >= 0.6 is 11.3 Å². The minimum absolute atomic E-state index is 0.127. The molecule has 0 saturated heterocycles. The third kappa shape index (κ3) is 6.12. The fourth-order valence-corrected chi connectivity index (χ4v) is 4.72. The van der Waals surface area contributed by atoms with E-state index in [1.807, 2.05) is 36.9 Å². The number of ether oxygens (including phenoxy) is 2. The van der Waals surface area contributed by atoms with Crippen molar-refractivity contribution < 1.29 is 27.4 Å². The number of rotatable bonds is 9. The number of hydrogen-bond donors (Lipinski definition) is 0. The van der Waals surface area contributed by atoms with E-state index in [1.54, 1.807) is 16.3 Å². The van der Waals surface area contributed by atoms with Gasteiger partial charge in [-0.05, 0) is 43.2 Å². The summed E-state index contributed by atoms with van der Waals surface area (Å²) < 4.78 is 50.6. The van der Waals surface area contributed by atoms with Crippen LogP contribution in [0.2, 0.25) is 0 Å². The second-order valence-electron chi connectivity index (χ2n) is 8.13. The third-order valence-corrected chi connectivity index (χ3v) is 6.52. The summed E-state index contributed by atoms with van der Waals surface area (Å²) in [5, 5.41) is 2.45. The molecular formula is C25H26F3N3O3S. The summed E-state index contributed by atoms with van der Waals surface area (Å²) in [6, 6.07) is 10.9. The van der Waals surface area contributed by atoms with Gasteiger partial charge in [-0.3, -0.25) is 9.69 Å². The summed E-state index contributed by atoms with van der Waals surface area (Å²) in [4.78, 5) is 20.9. The molecule has 3 aromatic rings. The molecule has 10 heteroatoms. The zero-order valence-electron chi connectivity index (χ0n) is 19.5. The van der Waals surface area contributed by atoms with Gasteiger partial charge in [-0.25, -0.2) is 4.98 Å². The minimum Gasteiger partial charge on any atom is -0.454 e. The van der Waals surface area contributed by atoms with E-state index in [0.29, 0.717) is 53.9 Å². The zero-order chi connectivity index (χ0) is 25.0. The largest absolute Gasteiger partial charge is 0.454 e. The van der Waals surface area contributed by atoms with Gasteiger partial charge in [0.05, 0.1) is 12.1 Å². The summed E-state index contributed by atoms with van der Waals surface area (Å²) in [6.07, 6.45) is -4.41. The van der Waals surface area contributed by atoms with Gasteiger partial charge in [-0.2, -0.15) is 13.2 Å². The monoisotopic (exact) mass is 505 g/mol. The zero-order valence-corrected chi connectivity index (χ0v) is 20.3. The highest BCUT2D eigenvalue weighted by atomic mass is 32.1. The first-order valence-corrected chi connectivity index (χ1v) is 12.2. The van der Waals surface area contributed by atoms with Crippen LogP contribution in [0, 0.1) is 0 Å². The van der Waals surface area contributed by atoms with Crippen molar-refractivity contribution in [3.8, 4) is 11.5 Å². The Bertz CT molecular complexity index is 1180. The Morgan fingerprint density at radius 2 is 1.71 bits per heavy atom. The number of aromatic nitrogens is 1. The van der Waals surface area contributed by atoms with Crippen molar-refractivity contribution in [3.63, 3.8) is 0 Å². The van der Waals surface area contributed by atoms with Gasteiger partial charge in [0.15, 0.2) is 11.5 Å². The van der Waals surface area contributed by atoms with Crippen molar-refractivity contribution in [2.24, 2.45) is 0 Å². The van der Waals surface area contributed by atoms with E-state index in [4.69, 9.17) is 9.47 Å². The minimum atomic E-state index is -4.41. The molecule has 2 heterocycles. The maximum absolute atomic E-state index is 13.2. The van der Waals surface area contributed by atoms with Gasteiger partial charge in [-0.15, -0.1) is 11.3 Å². The van der Waals surface area contributed by atoms with Gasteiger partial charge in [0.1, 0.15) is 10.7 Å². The smallest absolute Gasteiger partial charge is 0.416 e. The van der Waals surface area contributed by atoms with Crippen LogP contribution in [0.15, 0.2) is 47.8 Å². The van der Waals surface area contributed by atoms with Crippen LogP contribution < -0.4 is 9.47 Å². The molecule has 35 heavy (non-hydrogen) atoms. The highest BCUT2D eigenvalue weighted by molar-refractivity contribution is 7.09. The van der Waals surface area contributed by atoms with Crippen molar-refractivity contribution in [2.45, 2.75) is 39.7 Å². The maximum atomic E-state index is 13.2. The van der Waals surface area contributed by atoms with Gasteiger partial charge in [0.25, 0.3) is 5.91 Å². The number of nitrogens with zero attached hydrogens (tertiary/aromatic N) is 3. The molecule has 0 spiro atoms. The Balaban J connectivity index is 1.56. The number of amides is 1. The average molecular weight is 506 g/mol. The van der Waals surface area contributed by atoms with E-state index in [-0.39, 0.29) is 19.2 Å². The van der Waals surface area contributed by atoms with Crippen molar-refractivity contribution in [1.29, 1.82) is 0 Å². The lowest BCUT2D eigenvalue weighted by molar-refractivity contribution is -0.137. The topological polar surface area (TPSA) is 54.9 Å². The lowest BCUT2D eigenvalue weighted by Crippen LogP contribution is -2.30. The van der Waals surface area contributed by atoms with Crippen LogP contribution in [-0.4, -0.2) is 40.6 Å². The Morgan fingerprint density at radius 3 is 2.43 bits per heavy atom.